The van der Waals surface area contributed by atoms with Crippen LogP contribution in [0.2, 0.25) is 0 Å². The normalized spacial score (nSPS) is 14.9. The molecule has 0 bridgehead atoms. The van der Waals surface area contributed by atoms with E-state index in [2.05, 4.69) is 10.00 Å². The molecule has 3 heterocycles. The summed E-state index contributed by atoms with van der Waals surface area (Å²) >= 11 is 0. The number of benzene rings is 1. The van der Waals surface area contributed by atoms with Crippen molar-refractivity contribution in [2.24, 2.45) is 0 Å². The summed E-state index contributed by atoms with van der Waals surface area (Å²) in [6, 6.07) is 8.74. The smallest absolute Gasteiger partial charge is 0.405 e. The monoisotopic (exact) mass is 413 g/mol. The minimum atomic E-state index is -0.553. The average molecular weight is 413 g/mol. The molecule has 0 radical (unpaired) electrons. The molecule has 10 nitrogen and oxygen atoms in total. The maximum atomic E-state index is 11.7. The van der Waals surface area contributed by atoms with Gasteiger partial charge in [0.25, 0.3) is 0 Å². The maximum Gasteiger partial charge on any atom is 0.437 e. The highest BCUT2D eigenvalue weighted by atomic mass is 16.6. The van der Waals surface area contributed by atoms with E-state index in [9.17, 15) is 14.9 Å². The van der Waals surface area contributed by atoms with Crippen molar-refractivity contribution in [1.82, 2.24) is 9.78 Å². The molecular formula is C20H23N5O5. The highest BCUT2D eigenvalue weighted by molar-refractivity contribution is 5.68. The Bertz CT molecular complexity index is 1110. The number of aromatic nitrogens is 2. The minimum absolute atomic E-state index is 0.122. The molecule has 2 N–H and O–H groups in total. The number of nitro groups is 1. The predicted octanol–water partition coefficient (Wildman–Crippen LogP) is 2.91. The lowest BCUT2D eigenvalue weighted by Gasteiger charge is -2.33. The van der Waals surface area contributed by atoms with Gasteiger partial charge in [-0.15, -0.1) is 5.10 Å². The van der Waals surface area contributed by atoms with Crippen LogP contribution in [-0.2, 0) is 13.0 Å². The molecule has 0 saturated carbocycles. The van der Waals surface area contributed by atoms with Crippen molar-refractivity contribution >= 4 is 17.3 Å². The van der Waals surface area contributed by atoms with E-state index in [4.69, 9.17) is 14.6 Å². The van der Waals surface area contributed by atoms with E-state index >= 15 is 0 Å². The molecule has 0 amide bonds. The zero-order valence-corrected chi connectivity index (χ0v) is 16.6. The zero-order chi connectivity index (χ0) is 21.3. The van der Waals surface area contributed by atoms with Crippen LogP contribution in [0.25, 0.3) is 0 Å². The molecule has 1 aliphatic rings. The number of piperidine rings is 1. The number of nitrogen functional groups attached to an aromatic ring is 1. The Morgan fingerprint density at radius 1 is 1.23 bits per heavy atom. The van der Waals surface area contributed by atoms with Crippen LogP contribution in [0.3, 0.4) is 0 Å². The van der Waals surface area contributed by atoms with Gasteiger partial charge in [-0.25, -0.2) is 4.79 Å². The first-order valence-corrected chi connectivity index (χ1v) is 9.89. The van der Waals surface area contributed by atoms with Crippen LogP contribution in [0.15, 0.2) is 44.0 Å². The highest BCUT2D eigenvalue weighted by Crippen LogP contribution is 2.32. The molecule has 30 heavy (non-hydrogen) atoms. The predicted molar refractivity (Wildman–Crippen MR) is 110 cm³/mol. The van der Waals surface area contributed by atoms with E-state index in [1.807, 2.05) is 25.1 Å². The lowest BCUT2D eigenvalue weighted by atomic mass is 9.96. The van der Waals surface area contributed by atoms with E-state index in [1.54, 1.807) is 6.07 Å². The van der Waals surface area contributed by atoms with Gasteiger partial charge in [-0.3, -0.25) is 10.1 Å². The Morgan fingerprint density at radius 2 is 2.00 bits per heavy atom. The summed E-state index contributed by atoms with van der Waals surface area (Å²) in [5.74, 6) is 0.478. The van der Waals surface area contributed by atoms with Gasteiger partial charge in [-0.2, -0.15) is 4.68 Å². The van der Waals surface area contributed by atoms with Gasteiger partial charge in [0.2, 0.25) is 5.89 Å². The fourth-order valence-electron chi connectivity index (χ4n) is 3.82. The Hall–Kier alpha value is -3.56. The highest BCUT2D eigenvalue weighted by Gasteiger charge is 2.26. The molecule has 2 aromatic heterocycles. The SMILES string of the molecule is CCn1nc(C2CCN(c3ccc(Cc4ccc([N+](=O)[O-])o4)cc3N)CC2)oc1=O. The Morgan fingerprint density at radius 3 is 2.60 bits per heavy atom. The van der Waals surface area contributed by atoms with E-state index in [1.165, 1.54) is 10.7 Å². The van der Waals surface area contributed by atoms with E-state index in [0.29, 0.717) is 30.3 Å². The second-order valence-corrected chi connectivity index (χ2v) is 7.35. The largest absolute Gasteiger partial charge is 0.437 e. The summed E-state index contributed by atoms with van der Waals surface area (Å²) in [6.07, 6.45) is 2.07. The zero-order valence-electron chi connectivity index (χ0n) is 16.6. The molecule has 0 atom stereocenters. The number of hydrogen-bond donors (Lipinski definition) is 1. The van der Waals surface area contributed by atoms with Gasteiger partial charge in [-0.05, 0) is 43.5 Å². The second kappa shape index (κ2) is 8.05. The van der Waals surface area contributed by atoms with Crippen molar-refractivity contribution in [3.63, 3.8) is 0 Å². The molecule has 158 valence electrons. The fraction of sp³-hybridized carbons (Fsp3) is 0.400. The molecule has 1 aliphatic heterocycles. The molecule has 1 saturated heterocycles. The first kappa shape index (κ1) is 19.7. The van der Waals surface area contributed by atoms with Crippen LogP contribution >= 0.6 is 0 Å². The van der Waals surface area contributed by atoms with Crippen LogP contribution in [0, 0.1) is 10.1 Å². The first-order valence-electron chi connectivity index (χ1n) is 9.89. The number of hydrogen-bond acceptors (Lipinski definition) is 8. The first-order chi connectivity index (χ1) is 14.4. The molecule has 3 aromatic rings. The summed E-state index contributed by atoms with van der Waals surface area (Å²) in [6.45, 7) is 3.91. The van der Waals surface area contributed by atoms with E-state index in [-0.39, 0.29) is 11.8 Å². The Labute approximate surface area is 172 Å². The van der Waals surface area contributed by atoms with Crippen molar-refractivity contribution in [3.8, 4) is 0 Å². The quantitative estimate of drug-likeness (QED) is 0.370. The van der Waals surface area contributed by atoms with Crippen molar-refractivity contribution in [3.05, 3.63) is 68.2 Å². The number of furan rings is 1. The minimum Gasteiger partial charge on any atom is -0.405 e. The van der Waals surface area contributed by atoms with Gasteiger partial charge >= 0.3 is 11.6 Å². The Balaban J connectivity index is 1.41. The third kappa shape index (κ3) is 3.93. The second-order valence-electron chi connectivity index (χ2n) is 7.35. The van der Waals surface area contributed by atoms with Gasteiger partial charge < -0.3 is 19.5 Å². The molecule has 0 spiro atoms. The summed E-state index contributed by atoms with van der Waals surface area (Å²) < 4.78 is 11.9. The van der Waals surface area contributed by atoms with Gasteiger partial charge in [0.15, 0.2) is 0 Å². The van der Waals surface area contributed by atoms with Crippen LogP contribution in [-0.4, -0.2) is 27.8 Å². The molecule has 4 rings (SSSR count). The van der Waals surface area contributed by atoms with Crippen LogP contribution < -0.4 is 16.4 Å². The summed E-state index contributed by atoms with van der Waals surface area (Å²) in [4.78, 5) is 24.1. The van der Waals surface area contributed by atoms with Crippen LogP contribution in [0.1, 0.15) is 42.9 Å². The lowest BCUT2D eigenvalue weighted by molar-refractivity contribution is -0.402. The third-order valence-electron chi connectivity index (χ3n) is 5.40. The van der Waals surface area contributed by atoms with Crippen LogP contribution in [0.4, 0.5) is 17.3 Å². The van der Waals surface area contributed by atoms with Gasteiger partial charge in [0.1, 0.15) is 10.7 Å². The molecule has 0 unspecified atom stereocenters. The third-order valence-corrected chi connectivity index (χ3v) is 5.40. The van der Waals surface area contributed by atoms with Crippen molar-refractivity contribution in [2.75, 3.05) is 23.7 Å². The average Bonchev–Trinajstić information content (AvgIpc) is 3.35. The van der Waals surface area contributed by atoms with E-state index < -0.39 is 10.7 Å². The topological polar surface area (TPSA) is 134 Å². The summed E-state index contributed by atoms with van der Waals surface area (Å²) in [5, 5.41) is 15.0. The number of anilines is 2. The van der Waals surface area contributed by atoms with Crippen molar-refractivity contribution in [1.29, 1.82) is 0 Å². The molecule has 10 heteroatoms. The molecular weight excluding hydrogens is 390 g/mol. The van der Waals surface area contributed by atoms with Crippen LogP contribution in [0.5, 0.6) is 0 Å². The molecule has 1 fully saturated rings. The van der Waals surface area contributed by atoms with Gasteiger partial charge in [-0.1, -0.05) is 6.07 Å². The molecule has 0 aliphatic carbocycles. The number of nitrogens with zero attached hydrogens (tertiary/aromatic N) is 4. The molecule has 1 aromatic carbocycles. The number of aryl methyl sites for hydroxylation is 1. The lowest BCUT2D eigenvalue weighted by Crippen LogP contribution is -2.33. The summed E-state index contributed by atoms with van der Waals surface area (Å²) in [5.41, 5.74) is 8.80. The Kier molecular flexibility index (Phi) is 5.30. The fourth-order valence-corrected chi connectivity index (χ4v) is 3.82. The maximum absolute atomic E-state index is 11.7. The number of nitrogens with two attached hydrogens (primary N) is 1. The van der Waals surface area contributed by atoms with Crippen molar-refractivity contribution in [2.45, 2.75) is 38.6 Å². The van der Waals surface area contributed by atoms with Gasteiger partial charge in [0, 0.05) is 32.0 Å². The number of rotatable bonds is 6. The summed E-state index contributed by atoms with van der Waals surface area (Å²) in [7, 11) is 0. The van der Waals surface area contributed by atoms with Crippen molar-refractivity contribution < 1.29 is 13.8 Å². The van der Waals surface area contributed by atoms with E-state index in [0.717, 1.165) is 37.2 Å². The standard InChI is InChI=1S/C20H23N5O5/c1-2-24-20(26)30-19(22-24)14-7-9-23(10-8-14)17-5-3-13(12-16(17)21)11-15-4-6-18(29-15)25(27)28/h3-6,12,14H,2,7-11,21H2,1H3. The van der Waals surface area contributed by atoms with Gasteiger partial charge in [0.05, 0.1) is 17.4 Å².